The lowest BCUT2D eigenvalue weighted by Crippen LogP contribution is -2.17. The van der Waals surface area contributed by atoms with Crippen molar-refractivity contribution in [3.63, 3.8) is 0 Å². The Hall–Kier alpha value is -3.38. The third-order valence-corrected chi connectivity index (χ3v) is 4.17. The summed E-state index contributed by atoms with van der Waals surface area (Å²) in [6, 6.07) is 15.4. The fraction of sp³-hybridized carbons (Fsp3) is 0.0952. The first-order valence-corrected chi connectivity index (χ1v) is 8.87. The van der Waals surface area contributed by atoms with Gasteiger partial charge in [-0.25, -0.2) is 5.43 Å². The summed E-state index contributed by atoms with van der Waals surface area (Å²) in [4.78, 5) is 24.4. The van der Waals surface area contributed by atoms with Crippen molar-refractivity contribution in [1.82, 2.24) is 5.43 Å². The zero-order valence-electron chi connectivity index (χ0n) is 15.3. The van der Waals surface area contributed by atoms with Gasteiger partial charge in [-0.1, -0.05) is 23.7 Å². The van der Waals surface area contributed by atoms with Crippen LogP contribution in [0.25, 0.3) is 0 Å². The Balaban J connectivity index is 1.63. The quantitative estimate of drug-likeness (QED) is 0.490. The van der Waals surface area contributed by atoms with Gasteiger partial charge in [-0.2, -0.15) is 5.10 Å². The van der Waals surface area contributed by atoms with Crippen molar-refractivity contribution in [2.45, 2.75) is 13.8 Å². The molecule has 142 valence electrons. The van der Waals surface area contributed by atoms with Gasteiger partial charge >= 0.3 is 0 Å². The van der Waals surface area contributed by atoms with Crippen LogP contribution in [0.4, 0.5) is 5.69 Å². The summed E-state index contributed by atoms with van der Waals surface area (Å²) in [6.45, 7) is 3.50. The van der Waals surface area contributed by atoms with E-state index in [1.165, 1.54) is 6.21 Å². The molecule has 0 unspecified atom stereocenters. The summed E-state index contributed by atoms with van der Waals surface area (Å²) in [5, 5.41) is 7.34. The molecule has 0 aliphatic rings. The number of furan rings is 1. The molecule has 7 heteroatoms. The highest BCUT2D eigenvalue weighted by atomic mass is 35.5. The molecule has 2 amide bonds. The first-order chi connectivity index (χ1) is 13.4. The van der Waals surface area contributed by atoms with Crippen molar-refractivity contribution < 1.29 is 14.0 Å². The van der Waals surface area contributed by atoms with Gasteiger partial charge in [0.1, 0.15) is 11.5 Å². The average Bonchev–Trinajstić information content (AvgIpc) is 3.01. The Bertz CT molecular complexity index is 1040. The number of hydrogen-bond acceptors (Lipinski definition) is 4. The molecule has 0 aliphatic heterocycles. The highest BCUT2D eigenvalue weighted by molar-refractivity contribution is 6.30. The fourth-order valence-corrected chi connectivity index (χ4v) is 2.71. The summed E-state index contributed by atoms with van der Waals surface area (Å²) in [6.07, 6.45) is 1.50. The maximum absolute atomic E-state index is 12.3. The Labute approximate surface area is 167 Å². The van der Waals surface area contributed by atoms with Crippen LogP contribution in [0.15, 0.2) is 64.1 Å². The number of hydrogen-bond donors (Lipinski definition) is 2. The van der Waals surface area contributed by atoms with Crippen LogP contribution in [0, 0.1) is 13.8 Å². The Morgan fingerprint density at radius 2 is 1.79 bits per heavy atom. The monoisotopic (exact) mass is 395 g/mol. The summed E-state index contributed by atoms with van der Waals surface area (Å²) in [7, 11) is 0. The van der Waals surface area contributed by atoms with E-state index in [1.807, 2.05) is 0 Å². The summed E-state index contributed by atoms with van der Waals surface area (Å²) in [5.41, 5.74) is 4.73. The van der Waals surface area contributed by atoms with Crippen LogP contribution in [-0.4, -0.2) is 18.0 Å². The van der Waals surface area contributed by atoms with Gasteiger partial charge in [0.15, 0.2) is 0 Å². The molecule has 0 radical (unpaired) electrons. The van der Waals surface area contributed by atoms with E-state index in [-0.39, 0.29) is 11.8 Å². The lowest BCUT2D eigenvalue weighted by atomic mass is 10.2. The smallest absolute Gasteiger partial charge is 0.274 e. The van der Waals surface area contributed by atoms with Crippen LogP contribution in [0.2, 0.25) is 5.02 Å². The van der Waals surface area contributed by atoms with E-state index < -0.39 is 0 Å². The van der Waals surface area contributed by atoms with Crippen LogP contribution in [-0.2, 0) is 0 Å². The molecule has 2 N–H and O–H groups in total. The normalized spacial score (nSPS) is 10.8. The molecule has 1 aromatic heterocycles. The molecular formula is C21H18ClN3O3. The van der Waals surface area contributed by atoms with Gasteiger partial charge in [-0.15, -0.1) is 0 Å². The summed E-state index contributed by atoms with van der Waals surface area (Å²) in [5.74, 6) is 0.607. The molecule has 3 rings (SSSR count). The molecule has 0 spiro atoms. The molecule has 28 heavy (non-hydrogen) atoms. The maximum atomic E-state index is 12.3. The molecule has 0 saturated carbocycles. The van der Waals surface area contributed by atoms with E-state index in [0.29, 0.717) is 38.9 Å². The molecule has 0 atom stereocenters. The van der Waals surface area contributed by atoms with Gasteiger partial charge in [0.05, 0.1) is 11.8 Å². The average molecular weight is 396 g/mol. The van der Waals surface area contributed by atoms with Crippen molar-refractivity contribution in [3.8, 4) is 0 Å². The Kier molecular flexibility index (Phi) is 5.91. The fourth-order valence-electron chi connectivity index (χ4n) is 2.58. The molecule has 2 aromatic carbocycles. The first kappa shape index (κ1) is 19.4. The highest BCUT2D eigenvalue weighted by Crippen LogP contribution is 2.15. The highest BCUT2D eigenvalue weighted by Gasteiger charge is 2.12. The second-order valence-corrected chi connectivity index (χ2v) is 6.55. The maximum Gasteiger partial charge on any atom is 0.274 e. The van der Waals surface area contributed by atoms with Gasteiger partial charge in [0, 0.05) is 16.3 Å². The van der Waals surface area contributed by atoms with Crippen molar-refractivity contribution >= 4 is 35.3 Å². The number of rotatable bonds is 5. The summed E-state index contributed by atoms with van der Waals surface area (Å²) < 4.78 is 5.34. The minimum atomic E-state index is -0.349. The van der Waals surface area contributed by atoms with E-state index in [4.69, 9.17) is 16.0 Å². The van der Waals surface area contributed by atoms with Crippen molar-refractivity contribution in [2.75, 3.05) is 5.32 Å². The standard InChI is InChI=1S/C21H18ClN3O3/c1-13-10-19(14(2)28-13)21(27)25-23-12-15-4-3-5-18(11-15)24-20(26)16-6-8-17(22)9-7-16/h3-12H,1-2H3,(H,24,26)(H,25,27). The summed E-state index contributed by atoms with van der Waals surface area (Å²) >= 11 is 5.84. The van der Waals surface area contributed by atoms with Crippen molar-refractivity contribution in [1.29, 1.82) is 0 Å². The molecule has 0 fully saturated rings. The topological polar surface area (TPSA) is 83.7 Å². The van der Waals surface area contributed by atoms with E-state index in [1.54, 1.807) is 68.4 Å². The Morgan fingerprint density at radius 3 is 2.46 bits per heavy atom. The molecule has 6 nitrogen and oxygen atoms in total. The lowest BCUT2D eigenvalue weighted by Gasteiger charge is -2.06. The Morgan fingerprint density at radius 1 is 1.04 bits per heavy atom. The number of carbonyl (C=O) groups excluding carboxylic acids is 2. The number of nitrogens with zero attached hydrogens (tertiary/aromatic N) is 1. The van der Waals surface area contributed by atoms with Gasteiger partial charge < -0.3 is 9.73 Å². The minimum Gasteiger partial charge on any atom is -0.466 e. The molecule has 0 saturated heterocycles. The van der Waals surface area contributed by atoms with E-state index in [0.717, 1.165) is 0 Å². The predicted molar refractivity (Wildman–Crippen MR) is 109 cm³/mol. The number of aryl methyl sites for hydroxylation is 2. The number of carbonyl (C=O) groups is 2. The third-order valence-electron chi connectivity index (χ3n) is 3.92. The number of benzene rings is 2. The van der Waals surface area contributed by atoms with Crippen LogP contribution < -0.4 is 10.7 Å². The number of halogens is 1. The molecule has 1 heterocycles. The lowest BCUT2D eigenvalue weighted by molar-refractivity contribution is 0.0952. The zero-order valence-corrected chi connectivity index (χ0v) is 16.1. The van der Waals surface area contributed by atoms with Crippen LogP contribution in [0.5, 0.6) is 0 Å². The van der Waals surface area contributed by atoms with Crippen molar-refractivity contribution in [3.05, 3.63) is 87.8 Å². The minimum absolute atomic E-state index is 0.245. The SMILES string of the molecule is Cc1cc(C(=O)NN=Cc2cccc(NC(=O)c3ccc(Cl)cc3)c2)c(C)o1. The predicted octanol–water partition coefficient (Wildman–Crippen LogP) is 4.57. The van der Waals surface area contributed by atoms with Gasteiger partial charge in [0.2, 0.25) is 0 Å². The molecule has 3 aromatic rings. The number of anilines is 1. The van der Waals surface area contributed by atoms with Gasteiger partial charge in [-0.3, -0.25) is 9.59 Å². The van der Waals surface area contributed by atoms with Crippen LogP contribution in [0.3, 0.4) is 0 Å². The number of nitrogens with one attached hydrogen (secondary N) is 2. The number of hydrazone groups is 1. The van der Waals surface area contributed by atoms with Gasteiger partial charge in [0.25, 0.3) is 11.8 Å². The van der Waals surface area contributed by atoms with Crippen LogP contribution >= 0.6 is 11.6 Å². The second kappa shape index (κ2) is 8.54. The molecule has 0 aliphatic carbocycles. The van der Waals surface area contributed by atoms with E-state index in [2.05, 4.69) is 15.8 Å². The second-order valence-electron chi connectivity index (χ2n) is 6.11. The van der Waals surface area contributed by atoms with Crippen LogP contribution in [0.1, 0.15) is 37.8 Å². The molecular weight excluding hydrogens is 378 g/mol. The van der Waals surface area contributed by atoms with E-state index >= 15 is 0 Å². The molecule has 0 bridgehead atoms. The van der Waals surface area contributed by atoms with E-state index in [9.17, 15) is 9.59 Å². The first-order valence-electron chi connectivity index (χ1n) is 8.50. The third kappa shape index (κ3) is 4.86. The zero-order chi connectivity index (χ0) is 20.1. The van der Waals surface area contributed by atoms with Gasteiger partial charge in [-0.05, 0) is 61.9 Å². The number of amides is 2. The van der Waals surface area contributed by atoms with Crippen molar-refractivity contribution in [2.24, 2.45) is 5.10 Å². The largest absolute Gasteiger partial charge is 0.466 e.